The lowest BCUT2D eigenvalue weighted by molar-refractivity contribution is -0.142. The standard InChI is InChI=1S/C18H22F3N3O3/c1-10-8-13-14(9-11(10)2)24(17(26)15(23-13)18(19,20)21)12(3)16(25)22-6-5-7-27-4/h8-9,12H,5-7H2,1-4H3,(H,22,25)/t12-/m0/s1. The quantitative estimate of drug-likeness (QED) is 0.776. The summed E-state index contributed by atoms with van der Waals surface area (Å²) in [5.74, 6) is -0.549. The lowest BCUT2D eigenvalue weighted by atomic mass is 10.1. The fraction of sp³-hybridized carbons (Fsp3) is 0.500. The molecule has 1 heterocycles. The Balaban J connectivity index is 2.58. The van der Waals surface area contributed by atoms with Crippen molar-refractivity contribution in [3.05, 3.63) is 39.3 Å². The molecule has 6 nitrogen and oxygen atoms in total. The van der Waals surface area contributed by atoms with Gasteiger partial charge >= 0.3 is 6.18 Å². The number of hydrogen-bond acceptors (Lipinski definition) is 4. The normalized spacial score (nSPS) is 13.0. The minimum atomic E-state index is -4.92. The number of methoxy groups -OCH3 is 1. The minimum Gasteiger partial charge on any atom is -0.385 e. The molecule has 0 aliphatic carbocycles. The fourth-order valence-electron chi connectivity index (χ4n) is 2.72. The van der Waals surface area contributed by atoms with Crippen molar-refractivity contribution in [2.45, 2.75) is 39.4 Å². The number of aryl methyl sites for hydroxylation is 2. The predicted molar refractivity (Wildman–Crippen MR) is 94.7 cm³/mol. The van der Waals surface area contributed by atoms with Gasteiger partial charge in [0.1, 0.15) is 6.04 Å². The molecule has 0 aliphatic rings. The van der Waals surface area contributed by atoms with Gasteiger partial charge in [0.25, 0.3) is 5.56 Å². The molecule has 1 atom stereocenters. The van der Waals surface area contributed by atoms with E-state index in [4.69, 9.17) is 4.74 Å². The topological polar surface area (TPSA) is 73.2 Å². The van der Waals surface area contributed by atoms with E-state index in [9.17, 15) is 22.8 Å². The fourth-order valence-corrected chi connectivity index (χ4v) is 2.72. The first-order chi connectivity index (χ1) is 12.6. The molecule has 0 bridgehead atoms. The third-order valence-electron chi connectivity index (χ3n) is 4.36. The zero-order valence-electron chi connectivity index (χ0n) is 15.6. The summed E-state index contributed by atoms with van der Waals surface area (Å²) in [6, 6.07) is 1.93. The van der Waals surface area contributed by atoms with Crippen LogP contribution in [0.1, 0.15) is 36.2 Å². The molecule has 27 heavy (non-hydrogen) atoms. The lowest BCUT2D eigenvalue weighted by Crippen LogP contribution is -2.39. The Kier molecular flexibility index (Phi) is 6.25. The highest BCUT2D eigenvalue weighted by Crippen LogP contribution is 2.28. The Hall–Kier alpha value is -2.42. The number of aromatic nitrogens is 2. The first-order valence-electron chi connectivity index (χ1n) is 8.45. The Morgan fingerprint density at radius 1 is 1.30 bits per heavy atom. The number of benzene rings is 1. The summed E-state index contributed by atoms with van der Waals surface area (Å²) in [4.78, 5) is 28.5. The monoisotopic (exact) mass is 385 g/mol. The first kappa shape index (κ1) is 20.9. The summed E-state index contributed by atoms with van der Waals surface area (Å²) in [7, 11) is 1.52. The third-order valence-corrected chi connectivity index (χ3v) is 4.36. The van der Waals surface area contributed by atoms with Gasteiger partial charge in [0.15, 0.2) is 0 Å². The molecule has 2 rings (SSSR count). The van der Waals surface area contributed by atoms with Gasteiger partial charge in [-0.05, 0) is 50.5 Å². The maximum Gasteiger partial charge on any atom is 0.438 e. The Labute approximate surface area is 154 Å². The van der Waals surface area contributed by atoms with E-state index in [0.29, 0.717) is 19.6 Å². The van der Waals surface area contributed by atoms with Crippen molar-refractivity contribution >= 4 is 16.9 Å². The Bertz CT molecular complexity index is 907. The summed E-state index contributed by atoms with van der Waals surface area (Å²) < 4.78 is 45.6. The van der Waals surface area contributed by atoms with Crippen molar-refractivity contribution in [2.24, 2.45) is 0 Å². The van der Waals surface area contributed by atoms with Gasteiger partial charge in [-0.25, -0.2) is 4.98 Å². The smallest absolute Gasteiger partial charge is 0.385 e. The zero-order valence-corrected chi connectivity index (χ0v) is 15.6. The van der Waals surface area contributed by atoms with Crippen molar-refractivity contribution in [3.63, 3.8) is 0 Å². The van der Waals surface area contributed by atoms with Crippen LogP contribution in [0.15, 0.2) is 16.9 Å². The summed E-state index contributed by atoms with van der Waals surface area (Å²) in [6.45, 7) is 5.63. The van der Waals surface area contributed by atoms with Crippen LogP contribution in [-0.4, -0.2) is 35.7 Å². The summed E-state index contributed by atoms with van der Waals surface area (Å²) in [5.41, 5.74) is -1.13. The van der Waals surface area contributed by atoms with Crippen LogP contribution in [0, 0.1) is 13.8 Å². The molecule has 0 aliphatic heterocycles. The zero-order chi connectivity index (χ0) is 20.4. The number of carbonyl (C=O) groups is 1. The van der Waals surface area contributed by atoms with Crippen LogP contribution in [0.3, 0.4) is 0 Å². The maximum atomic E-state index is 13.3. The molecule has 1 N–H and O–H groups in total. The number of hydrogen-bond donors (Lipinski definition) is 1. The second-order valence-electron chi connectivity index (χ2n) is 6.37. The van der Waals surface area contributed by atoms with Gasteiger partial charge in [-0.2, -0.15) is 13.2 Å². The van der Waals surface area contributed by atoms with Crippen LogP contribution < -0.4 is 10.9 Å². The molecule has 148 valence electrons. The summed E-state index contributed by atoms with van der Waals surface area (Å²) in [6.07, 6.45) is -4.37. The number of nitrogens with one attached hydrogen (secondary N) is 1. The van der Waals surface area contributed by atoms with Crippen molar-refractivity contribution in [2.75, 3.05) is 20.3 Å². The van der Waals surface area contributed by atoms with Crippen molar-refractivity contribution in [1.29, 1.82) is 0 Å². The van der Waals surface area contributed by atoms with Crippen LogP contribution in [-0.2, 0) is 15.7 Å². The molecule has 0 radical (unpaired) electrons. The van der Waals surface area contributed by atoms with E-state index >= 15 is 0 Å². The predicted octanol–water partition coefficient (Wildman–Crippen LogP) is 2.75. The molecule has 0 saturated carbocycles. The number of fused-ring (bicyclic) bond motifs is 1. The van der Waals surface area contributed by atoms with Crippen LogP contribution in [0.25, 0.3) is 11.0 Å². The van der Waals surface area contributed by atoms with Gasteiger partial charge in [-0.1, -0.05) is 0 Å². The minimum absolute atomic E-state index is 0.0176. The molecule has 0 fully saturated rings. The second kappa shape index (κ2) is 8.08. The molecule has 1 aromatic heterocycles. The Morgan fingerprint density at radius 3 is 2.52 bits per heavy atom. The molecule has 0 unspecified atom stereocenters. The van der Waals surface area contributed by atoms with Crippen LogP contribution in [0.4, 0.5) is 13.2 Å². The van der Waals surface area contributed by atoms with Crippen LogP contribution in [0.2, 0.25) is 0 Å². The number of ether oxygens (including phenoxy) is 1. The second-order valence-corrected chi connectivity index (χ2v) is 6.37. The van der Waals surface area contributed by atoms with Gasteiger partial charge in [0, 0.05) is 20.3 Å². The highest BCUT2D eigenvalue weighted by Gasteiger charge is 2.38. The molecule has 9 heteroatoms. The van der Waals surface area contributed by atoms with Gasteiger partial charge in [-0.3, -0.25) is 14.2 Å². The van der Waals surface area contributed by atoms with Crippen molar-refractivity contribution < 1.29 is 22.7 Å². The average molecular weight is 385 g/mol. The SMILES string of the molecule is COCCCNC(=O)[C@H](C)n1c(=O)c(C(F)(F)F)nc2cc(C)c(C)cc21. The van der Waals surface area contributed by atoms with Gasteiger partial charge in [-0.15, -0.1) is 0 Å². The average Bonchev–Trinajstić information content (AvgIpc) is 2.58. The highest BCUT2D eigenvalue weighted by molar-refractivity contribution is 5.84. The molecule has 1 aromatic carbocycles. The van der Waals surface area contributed by atoms with E-state index in [1.54, 1.807) is 19.9 Å². The number of halogens is 3. The van der Waals surface area contributed by atoms with Crippen LogP contribution in [0.5, 0.6) is 0 Å². The maximum absolute atomic E-state index is 13.3. The van der Waals surface area contributed by atoms with Gasteiger partial charge in [0.05, 0.1) is 11.0 Å². The van der Waals surface area contributed by atoms with Gasteiger partial charge < -0.3 is 10.1 Å². The summed E-state index contributed by atoms with van der Waals surface area (Å²) >= 11 is 0. The third kappa shape index (κ3) is 4.47. The highest BCUT2D eigenvalue weighted by atomic mass is 19.4. The Morgan fingerprint density at radius 2 is 1.93 bits per heavy atom. The molecular weight excluding hydrogens is 363 g/mol. The number of nitrogens with zero attached hydrogens (tertiary/aromatic N) is 2. The lowest BCUT2D eigenvalue weighted by Gasteiger charge is -2.20. The molecule has 1 amide bonds. The number of amides is 1. The first-order valence-corrected chi connectivity index (χ1v) is 8.45. The number of rotatable bonds is 6. The molecule has 0 saturated heterocycles. The molecule has 2 aromatic rings. The van der Waals surface area contributed by atoms with E-state index in [1.807, 2.05) is 0 Å². The van der Waals surface area contributed by atoms with E-state index in [-0.39, 0.29) is 11.0 Å². The van der Waals surface area contributed by atoms with E-state index in [1.165, 1.54) is 20.1 Å². The molecule has 0 spiro atoms. The van der Waals surface area contributed by atoms with E-state index < -0.39 is 29.4 Å². The van der Waals surface area contributed by atoms with Crippen molar-refractivity contribution in [1.82, 2.24) is 14.9 Å². The van der Waals surface area contributed by atoms with Gasteiger partial charge in [0.2, 0.25) is 11.6 Å². The van der Waals surface area contributed by atoms with E-state index in [2.05, 4.69) is 10.3 Å². The largest absolute Gasteiger partial charge is 0.438 e. The number of alkyl halides is 3. The van der Waals surface area contributed by atoms with E-state index in [0.717, 1.165) is 15.7 Å². The van der Waals surface area contributed by atoms with Crippen LogP contribution >= 0.6 is 0 Å². The summed E-state index contributed by atoms with van der Waals surface area (Å²) in [5, 5.41) is 2.61. The van der Waals surface area contributed by atoms with Crippen molar-refractivity contribution in [3.8, 4) is 0 Å². The number of carbonyl (C=O) groups excluding carboxylic acids is 1. The molecular formula is C18H22F3N3O3.